The minimum Gasteiger partial charge on any atom is -0.339 e. The lowest BCUT2D eigenvalue weighted by atomic mass is 9.96. The molecule has 5 rings (SSSR count). The maximum Gasteiger partial charge on any atom is 0.244 e. The first-order chi connectivity index (χ1) is 15.5. The monoisotopic (exact) mass is 470 g/mol. The maximum atomic E-state index is 13.1. The lowest BCUT2D eigenvalue weighted by molar-refractivity contribution is -0.134. The molecule has 1 aliphatic carbocycles. The number of carbonyl (C=O) groups is 1. The van der Waals surface area contributed by atoms with Gasteiger partial charge < -0.3 is 4.90 Å². The number of benzene rings is 1. The van der Waals surface area contributed by atoms with E-state index in [1.165, 1.54) is 39.7 Å². The van der Waals surface area contributed by atoms with Crippen LogP contribution >= 0.6 is 11.3 Å². The number of amides is 1. The number of sulfonamides is 1. The molecular weight excluding hydrogens is 444 g/mol. The molecule has 0 N–H and O–H groups in total. The molecule has 3 heterocycles. The zero-order chi connectivity index (χ0) is 22.3. The molecule has 0 bridgehead atoms. The maximum absolute atomic E-state index is 13.1. The van der Waals surface area contributed by atoms with Gasteiger partial charge in [0.1, 0.15) is 6.07 Å². The van der Waals surface area contributed by atoms with E-state index in [1.54, 1.807) is 17.0 Å². The van der Waals surface area contributed by atoms with Crippen molar-refractivity contribution in [2.24, 2.45) is 5.92 Å². The van der Waals surface area contributed by atoms with E-state index >= 15 is 0 Å². The van der Waals surface area contributed by atoms with Crippen molar-refractivity contribution in [1.82, 2.24) is 14.1 Å². The lowest BCUT2D eigenvalue weighted by Gasteiger charge is -2.39. The Kier molecular flexibility index (Phi) is 5.80. The minimum atomic E-state index is -3.76. The number of hydrogen-bond donors (Lipinski definition) is 0. The number of piperazine rings is 1. The van der Waals surface area contributed by atoms with Crippen molar-refractivity contribution < 1.29 is 13.2 Å². The molecule has 2 aliphatic heterocycles. The van der Waals surface area contributed by atoms with Crippen molar-refractivity contribution in [3.8, 4) is 6.07 Å². The third-order valence-corrected chi connectivity index (χ3v) is 9.69. The summed E-state index contributed by atoms with van der Waals surface area (Å²) in [5.41, 5.74) is 1.55. The predicted molar refractivity (Wildman–Crippen MR) is 122 cm³/mol. The van der Waals surface area contributed by atoms with Crippen LogP contribution in [-0.2, 0) is 21.2 Å². The predicted octanol–water partition coefficient (Wildman–Crippen LogP) is 2.46. The third kappa shape index (κ3) is 3.97. The summed E-state index contributed by atoms with van der Waals surface area (Å²) in [6.45, 7) is 2.53. The molecule has 3 aliphatic rings. The summed E-state index contributed by atoms with van der Waals surface area (Å²) in [5, 5.41) is 11.4. The quantitative estimate of drug-likeness (QED) is 0.670. The molecule has 0 unspecified atom stereocenters. The van der Waals surface area contributed by atoms with E-state index in [0.717, 1.165) is 13.0 Å². The molecule has 0 spiro atoms. The molecule has 1 aromatic heterocycles. The molecular formula is C23H26N4O3S2. The highest BCUT2D eigenvalue weighted by Crippen LogP contribution is 2.48. The Labute approximate surface area is 192 Å². The minimum absolute atomic E-state index is 0.0365. The first kappa shape index (κ1) is 21.6. The molecule has 32 heavy (non-hydrogen) atoms. The number of fused-ring (bicyclic) bond motifs is 1. The van der Waals surface area contributed by atoms with Crippen molar-refractivity contribution in [2.45, 2.75) is 30.2 Å². The Morgan fingerprint density at radius 1 is 1.09 bits per heavy atom. The van der Waals surface area contributed by atoms with Crippen molar-refractivity contribution >= 4 is 27.3 Å². The Bertz CT molecular complexity index is 1160. The highest BCUT2D eigenvalue weighted by Gasteiger charge is 2.41. The molecule has 2 aromatic rings. The van der Waals surface area contributed by atoms with Crippen LogP contribution in [0.15, 0.2) is 40.6 Å². The van der Waals surface area contributed by atoms with Gasteiger partial charge in [0.15, 0.2) is 0 Å². The van der Waals surface area contributed by atoms with E-state index in [-0.39, 0.29) is 29.5 Å². The van der Waals surface area contributed by atoms with Crippen molar-refractivity contribution in [1.29, 1.82) is 5.26 Å². The van der Waals surface area contributed by atoms with Crippen LogP contribution < -0.4 is 0 Å². The zero-order valence-electron chi connectivity index (χ0n) is 17.8. The van der Waals surface area contributed by atoms with Gasteiger partial charge in [-0.05, 0) is 54.3 Å². The van der Waals surface area contributed by atoms with Crippen molar-refractivity contribution in [3.05, 3.63) is 51.7 Å². The highest BCUT2D eigenvalue weighted by molar-refractivity contribution is 7.89. The van der Waals surface area contributed by atoms with Gasteiger partial charge in [-0.25, -0.2) is 8.42 Å². The van der Waals surface area contributed by atoms with Crippen LogP contribution in [0, 0.1) is 17.2 Å². The van der Waals surface area contributed by atoms with Gasteiger partial charge >= 0.3 is 0 Å². The largest absolute Gasteiger partial charge is 0.339 e. The molecule has 1 aromatic carbocycles. The van der Waals surface area contributed by atoms with E-state index in [1.807, 2.05) is 17.4 Å². The first-order valence-corrected chi connectivity index (χ1v) is 13.4. The van der Waals surface area contributed by atoms with Gasteiger partial charge in [0.2, 0.25) is 15.9 Å². The van der Waals surface area contributed by atoms with E-state index in [9.17, 15) is 18.5 Å². The summed E-state index contributed by atoms with van der Waals surface area (Å²) in [7, 11) is -3.76. The second-order valence-electron chi connectivity index (χ2n) is 8.69. The number of rotatable bonds is 5. The van der Waals surface area contributed by atoms with Gasteiger partial charge in [-0.15, -0.1) is 11.3 Å². The fraction of sp³-hybridized carbons (Fsp3) is 0.478. The molecule has 168 valence electrons. The number of nitrogens with zero attached hydrogens (tertiary/aromatic N) is 4. The van der Waals surface area contributed by atoms with Crippen LogP contribution in [0.3, 0.4) is 0 Å². The molecule has 9 heteroatoms. The lowest BCUT2D eigenvalue weighted by Crippen LogP contribution is -2.53. The van der Waals surface area contributed by atoms with Crippen LogP contribution in [0.25, 0.3) is 0 Å². The third-order valence-electron chi connectivity index (χ3n) is 6.74. The van der Waals surface area contributed by atoms with Gasteiger partial charge in [0.05, 0.1) is 17.0 Å². The van der Waals surface area contributed by atoms with Gasteiger partial charge in [-0.1, -0.05) is 12.1 Å². The summed E-state index contributed by atoms with van der Waals surface area (Å²) in [4.78, 5) is 18.7. The summed E-state index contributed by atoms with van der Waals surface area (Å²) in [6, 6.07) is 10.8. The topological polar surface area (TPSA) is 84.7 Å². The summed E-state index contributed by atoms with van der Waals surface area (Å²) < 4.78 is 27.5. The normalized spacial score (nSPS) is 22.3. The molecule has 1 saturated carbocycles. The van der Waals surface area contributed by atoms with E-state index in [0.29, 0.717) is 31.6 Å². The SMILES string of the molecule is N#Cc1ccccc1S(=O)(=O)N1CCN(C(=O)CN2CCc3sccc3[C@@H]2C2CC2)CC1. The second kappa shape index (κ2) is 8.60. The molecule has 1 amide bonds. The average Bonchev–Trinajstić information content (AvgIpc) is 3.54. The smallest absolute Gasteiger partial charge is 0.244 e. The molecule has 1 atom stereocenters. The standard InChI is InChI=1S/C23H26N4O3S2/c24-15-18-3-1-2-4-21(18)32(29,30)27-12-10-25(11-13-27)22(28)16-26-9-7-20-19(8-14-31-20)23(26)17-5-6-17/h1-4,8,14,17,23H,5-7,9-13,16H2/t23-/m0/s1. The van der Waals surface area contributed by atoms with Gasteiger partial charge in [-0.2, -0.15) is 9.57 Å². The van der Waals surface area contributed by atoms with Crippen LogP contribution in [0.5, 0.6) is 0 Å². The molecule has 0 radical (unpaired) electrons. The summed E-state index contributed by atoms with van der Waals surface area (Å²) in [5.74, 6) is 0.724. The number of thiophene rings is 1. The molecule has 7 nitrogen and oxygen atoms in total. The van der Waals surface area contributed by atoms with Crippen LogP contribution in [0.2, 0.25) is 0 Å². The Morgan fingerprint density at radius 2 is 1.84 bits per heavy atom. The summed E-state index contributed by atoms with van der Waals surface area (Å²) in [6.07, 6.45) is 3.45. The Hall–Kier alpha value is -2.25. The van der Waals surface area contributed by atoms with Crippen LogP contribution in [-0.4, -0.2) is 67.7 Å². The molecule has 2 fully saturated rings. The first-order valence-electron chi connectivity index (χ1n) is 11.1. The van der Waals surface area contributed by atoms with E-state index in [2.05, 4.69) is 16.3 Å². The van der Waals surface area contributed by atoms with E-state index in [4.69, 9.17) is 0 Å². The average molecular weight is 471 g/mol. The second-order valence-corrected chi connectivity index (χ2v) is 11.6. The van der Waals surface area contributed by atoms with Crippen LogP contribution in [0.1, 0.15) is 34.9 Å². The summed E-state index contributed by atoms with van der Waals surface area (Å²) >= 11 is 1.82. The molecule has 1 saturated heterocycles. The fourth-order valence-electron chi connectivity index (χ4n) is 4.91. The number of nitriles is 1. The van der Waals surface area contributed by atoms with Crippen molar-refractivity contribution in [3.63, 3.8) is 0 Å². The highest BCUT2D eigenvalue weighted by atomic mass is 32.2. The zero-order valence-corrected chi connectivity index (χ0v) is 19.4. The van der Waals surface area contributed by atoms with Crippen LogP contribution in [0.4, 0.5) is 0 Å². The van der Waals surface area contributed by atoms with Gasteiger partial charge in [0, 0.05) is 43.6 Å². The van der Waals surface area contributed by atoms with E-state index < -0.39 is 10.0 Å². The fourth-order valence-corrected chi connectivity index (χ4v) is 7.39. The van der Waals surface area contributed by atoms with Gasteiger partial charge in [-0.3, -0.25) is 9.69 Å². The number of hydrogen-bond acceptors (Lipinski definition) is 6. The number of carbonyl (C=O) groups excluding carboxylic acids is 1. The van der Waals surface area contributed by atoms with Crippen molar-refractivity contribution in [2.75, 3.05) is 39.3 Å². The Balaban J connectivity index is 1.23. The van der Waals surface area contributed by atoms with Gasteiger partial charge in [0.25, 0.3) is 0 Å². The Morgan fingerprint density at radius 3 is 2.56 bits per heavy atom.